The molecule has 0 aliphatic rings. The van der Waals surface area contributed by atoms with Crippen molar-refractivity contribution in [3.05, 3.63) is 29.7 Å². The average Bonchev–Trinajstić information content (AvgIpc) is 2.94. The van der Waals surface area contributed by atoms with Gasteiger partial charge in [-0.15, -0.1) is 0 Å². The highest BCUT2D eigenvalue weighted by Gasteiger charge is 2.10. The van der Waals surface area contributed by atoms with E-state index in [1.54, 1.807) is 19.3 Å². The summed E-state index contributed by atoms with van der Waals surface area (Å²) in [6.45, 7) is 3.60. The van der Waals surface area contributed by atoms with Crippen molar-refractivity contribution in [2.45, 2.75) is 26.4 Å². The SMILES string of the molecule is CCCn1nccc1CNc1cc(C(N)=O)n(C)n1. The summed E-state index contributed by atoms with van der Waals surface area (Å²) in [6.07, 6.45) is 2.81. The van der Waals surface area contributed by atoms with Crippen LogP contribution >= 0.6 is 0 Å². The number of carbonyl (C=O) groups excluding carboxylic acids is 1. The Kier molecular flexibility index (Phi) is 3.84. The molecule has 0 unspecified atom stereocenters. The van der Waals surface area contributed by atoms with Crippen molar-refractivity contribution < 1.29 is 4.79 Å². The molecule has 0 fully saturated rings. The first-order chi connectivity index (χ1) is 9.11. The van der Waals surface area contributed by atoms with Gasteiger partial charge in [0.1, 0.15) is 11.5 Å². The number of hydrogen-bond acceptors (Lipinski definition) is 4. The van der Waals surface area contributed by atoms with Gasteiger partial charge in [-0.1, -0.05) is 6.92 Å². The molecule has 0 aliphatic heterocycles. The van der Waals surface area contributed by atoms with Crippen molar-refractivity contribution in [2.24, 2.45) is 12.8 Å². The van der Waals surface area contributed by atoms with Gasteiger partial charge in [0.05, 0.1) is 12.2 Å². The monoisotopic (exact) mass is 262 g/mol. The van der Waals surface area contributed by atoms with Crippen LogP contribution in [0.1, 0.15) is 29.5 Å². The number of anilines is 1. The number of nitrogens with one attached hydrogen (secondary N) is 1. The van der Waals surface area contributed by atoms with Gasteiger partial charge in [-0.05, 0) is 12.5 Å². The van der Waals surface area contributed by atoms with Crippen LogP contribution in [0.2, 0.25) is 0 Å². The maximum absolute atomic E-state index is 11.1. The molecule has 102 valence electrons. The number of nitrogens with zero attached hydrogens (tertiary/aromatic N) is 4. The Bertz CT molecular complexity index is 571. The third-order valence-corrected chi connectivity index (χ3v) is 2.82. The second kappa shape index (κ2) is 5.55. The normalized spacial score (nSPS) is 10.6. The zero-order valence-corrected chi connectivity index (χ0v) is 11.1. The van der Waals surface area contributed by atoms with E-state index in [-0.39, 0.29) is 0 Å². The van der Waals surface area contributed by atoms with Crippen molar-refractivity contribution >= 4 is 11.7 Å². The molecule has 0 atom stereocenters. The van der Waals surface area contributed by atoms with Crippen molar-refractivity contribution in [2.75, 3.05) is 5.32 Å². The Morgan fingerprint density at radius 1 is 1.53 bits per heavy atom. The topological polar surface area (TPSA) is 90.8 Å². The van der Waals surface area contributed by atoms with Crippen molar-refractivity contribution in [3.63, 3.8) is 0 Å². The van der Waals surface area contributed by atoms with Gasteiger partial charge in [0.15, 0.2) is 0 Å². The van der Waals surface area contributed by atoms with E-state index >= 15 is 0 Å². The van der Waals surface area contributed by atoms with Crippen LogP contribution in [0.4, 0.5) is 5.82 Å². The van der Waals surface area contributed by atoms with Gasteiger partial charge in [-0.2, -0.15) is 10.2 Å². The highest BCUT2D eigenvalue weighted by Crippen LogP contribution is 2.10. The van der Waals surface area contributed by atoms with E-state index in [1.807, 2.05) is 10.7 Å². The Hall–Kier alpha value is -2.31. The second-order valence-electron chi connectivity index (χ2n) is 4.30. The quantitative estimate of drug-likeness (QED) is 0.803. The van der Waals surface area contributed by atoms with Crippen LogP contribution in [-0.4, -0.2) is 25.5 Å². The molecule has 0 bridgehead atoms. The molecule has 7 heteroatoms. The van der Waals surface area contributed by atoms with Gasteiger partial charge in [0.25, 0.3) is 5.91 Å². The molecule has 2 aromatic rings. The van der Waals surface area contributed by atoms with E-state index in [0.29, 0.717) is 18.1 Å². The lowest BCUT2D eigenvalue weighted by molar-refractivity contribution is 0.0991. The molecule has 3 N–H and O–H groups in total. The molecule has 1 amide bonds. The summed E-state index contributed by atoms with van der Waals surface area (Å²) < 4.78 is 3.42. The van der Waals surface area contributed by atoms with Gasteiger partial charge >= 0.3 is 0 Å². The fourth-order valence-electron chi connectivity index (χ4n) is 1.89. The zero-order chi connectivity index (χ0) is 13.8. The molecule has 2 heterocycles. The third kappa shape index (κ3) is 2.93. The molecule has 19 heavy (non-hydrogen) atoms. The second-order valence-corrected chi connectivity index (χ2v) is 4.30. The standard InChI is InChI=1S/C12H18N6O/c1-3-6-18-9(4-5-15-18)8-14-11-7-10(12(13)19)17(2)16-11/h4-5,7H,3,6,8H2,1-2H3,(H2,13,19)(H,14,16). The van der Waals surface area contributed by atoms with Crippen molar-refractivity contribution in [3.8, 4) is 0 Å². The van der Waals surface area contributed by atoms with Crippen LogP contribution in [-0.2, 0) is 20.1 Å². The van der Waals surface area contributed by atoms with Crippen LogP contribution in [0.15, 0.2) is 18.3 Å². The third-order valence-electron chi connectivity index (χ3n) is 2.82. The van der Waals surface area contributed by atoms with E-state index in [9.17, 15) is 4.79 Å². The molecule has 0 saturated heterocycles. The van der Waals surface area contributed by atoms with E-state index in [4.69, 9.17) is 5.73 Å². The van der Waals surface area contributed by atoms with E-state index in [0.717, 1.165) is 18.7 Å². The molecule has 0 aromatic carbocycles. The predicted molar refractivity (Wildman–Crippen MR) is 71.6 cm³/mol. The lowest BCUT2D eigenvalue weighted by atomic mass is 10.3. The first-order valence-corrected chi connectivity index (χ1v) is 6.20. The van der Waals surface area contributed by atoms with E-state index in [1.165, 1.54) is 4.68 Å². The lowest BCUT2D eigenvalue weighted by Gasteiger charge is -2.06. The number of primary amides is 1. The van der Waals surface area contributed by atoms with Gasteiger partial charge in [-0.3, -0.25) is 14.2 Å². The predicted octanol–water partition coefficient (Wildman–Crippen LogP) is 0.738. The van der Waals surface area contributed by atoms with Gasteiger partial charge < -0.3 is 11.1 Å². The zero-order valence-electron chi connectivity index (χ0n) is 11.1. The summed E-state index contributed by atoms with van der Waals surface area (Å²) in [5.74, 6) is 0.139. The maximum Gasteiger partial charge on any atom is 0.267 e. The summed E-state index contributed by atoms with van der Waals surface area (Å²) >= 11 is 0. The Morgan fingerprint density at radius 2 is 2.32 bits per heavy atom. The molecule has 2 rings (SSSR count). The van der Waals surface area contributed by atoms with Crippen LogP contribution < -0.4 is 11.1 Å². The van der Waals surface area contributed by atoms with Crippen LogP contribution in [0, 0.1) is 0 Å². The van der Waals surface area contributed by atoms with E-state index < -0.39 is 5.91 Å². The van der Waals surface area contributed by atoms with Crippen LogP contribution in [0.3, 0.4) is 0 Å². The largest absolute Gasteiger partial charge is 0.364 e. The maximum atomic E-state index is 11.1. The highest BCUT2D eigenvalue weighted by molar-refractivity contribution is 5.91. The average molecular weight is 262 g/mol. The summed E-state index contributed by atoms with van der Waals surface area (Å²) in [6, 6.07) is 3.60. The molecule has 0 spiro atoms. The Morgan fingerprint density at radius 3 is 2.95 bits per heavy atom. The number of aromatic nitrogens is 4. The smallest absolute Gasteiger partial charge is 0.267 e. The first-order valence-electron chi connectivity index (χ1n) is 6.20. The molecule has 0 aliphatic carbocycles. The minimum Gasteiger partial charge on any atom is -0.364 e. The molecule has 0 saturated carbocycles. The molecule has 7 nitrogen and oxygen atoms in total. The Labute approximate surface area is 111 Å². The number of amides is 1. The summed E-state index contributed by atoms with van der Waals surface area (Å²) in [4.78, 5) is 11.1. The molecule has 0 radical (unpaired) electrons. The molecular formula is C12H18N6O. The lowest BCUT2D eigenvalue weighted by Crippen LogP contribution is -2.15. The van der Waals surface area contributed by atoms with Crippen molar-refractivity contribution in [1.29, 1.82) is 0 Å². The highest BCUT2D eigenvalue weighted by atomic mass is 16.1. The molecule has 2 aromatic heterocycles. The number of aryl methyl sites for hydroxylation is 2. The Balaban J connectivity index is 2.04. The first kappa shape index (κ1) is 13.1. The summed E-state index contributed by atoms with van der Waals surface area (Å²) in [5, 5.41) is 11.6. The number of carbonyl (C=O) groups is 1. The van der Waals surface area contributed by atoms with E-state index in [2.05, 4.69) is 22.4 Å². The van der Waals surface area contributed by atoms with Crippen LogP contribution in [0.5, 0.6) is 0 Å². The van der Waals surface area contributed by atoms with Gasteiger partial charge in [0, 0.05) is 25.9 Å². The minimum atomic E-state index is -0.487. The van der Waals surface area contributed by atoms with Gasteiger partial charge in [0.2, 0.25) is 0 Å². The van der Waals surface area contributed by atoms with Crippen molar-refractivity contribution in [1.82, 2.24) is 19.6 Å². The summed E-state index contributed by atoms with van der Waals surface area (Å²) in [7, 11) is 1.69. The molecular weight excluding hydrogens is 244 g/mol. The number of hydrogen-bond donors (Lipinski definition) is 2. The fraction of sp³-hybridized carbons (Fsp3) is 0.417. The minimum absolute atomic E-state index is 0.379. The number of nitrogens with two attached hydrogens (primary N) is 1. The number of rotatable bonds is 6. The van der Waals surface area contributed by atoms with Gasteiger partial charge in [-0.25, -0.2) is 0 Å². The summed E-state index contributed by atoms with van der Waals surface area (Å²) in [5.41, 5.74) is 6.70. The van der Waals surface area contributed by atoms with Crippen LogP contribution in [0.25, 0.3) is 0 Å². The fourth-order valence-corrected chi connectivity index (χ4v) is 1.89.